The van der Waals surface area contributed by atoms with Gasteiger partial charge in [-0.1, -0.05) is 64.1 Å². The number of nitrogens with two attached hydrogens (primary N) is 2. The van der Waals surface area contributed by atoms with Gasteiger partial charge in [0.15, 0.2) is 0 Å². The Kier molecular flexibility index (Phi) is 31.0. The zero-order valence-corrected chi connectivity index (χ0v) is 54.6. The molecule has 0 aliphatic carbocycles. The second-order valence-electron chi connectivity index (χ2n) is 22.7. The minimum absolute atomic E-state index is 0.0293. The van der Waals surface area contributed by atoms with Gasteiger partial charge in [-0.05, 0) is 96.2 Å². The average molecular weight is 1370 g/mol. The number of hydrogen-bond acceptors (Lipinski definition) is 19. The second kappa shape index (κ2) is 37.6. The molecule has 1 heterocycles. The van der Waals surface area contributed by atoms with Crippen molar-refractivity contribution < 1.29 is 96.5 Å². The Balaban J connectivity index is 1.85. The molecule has 1 aliphatic rings. The van der Waals surface area contributed by atoms with E-state index in [4.69, 9.17) is 11.5 Å². The molecule has 12 amide bonds. The van der Waals surface area contributed by atoms with Crippen molar-refractivity contribution in [1.82, 2.24) is 53.2 Å². The Labute approximate surface area is 549 Å². The standard InChI is InChI=1S/C59H81N12O20PS2/c1-30(2)22-40-54(82)68-42(24-32-6-12-35(72)13-7-32)56(84)65-38(18-19-49(77)78)52(80)69-44(26-46(60)74)58(86)71-50(31(3)4)59(87)62-27-47(75)63-39(20-21-93-5)53(81)67-43(25-33-8-14-36(73)15-9-33)57(85)70-45(51(61)79)28-94-29-48(76)64-41(55(83)66-40)23-34-10-16-37(17-11-34)91-92(88,89)90/h6-17,30-31,38-45,50,72-73H,18-29H2,1-5H3,(H2,60,74)(H2,61,79)(H,62,87)(H,63,75)(H,64,76)(H,65,84)(H,66,83)(H,67,81)(H,68,82)(H,69,80)(H,70,85)(H,71,86)(H,77,78)(H2,88,89,90)/t38-,39-,40-,41-,42-,43-,44-,45-,50-/m1/s1. The number of carbonyl (C=O) groups excluding carboxylic acids is 12. The van der Waals surface area contributed by atoms with Gasteiger partial charge in [0.1, 0.15) is 71.6 Å². The summed E-state index contributed by atoms with van der Waals surface area (Å²) in [5.41, 5.74) is 12.3. The van der Waals surface area contributed by atoms with E-state index in [1.165, 1.54) is 98.4 Å². The van der Waals surface area contributed by atoms with Gasteiger partial charge in [-0.2, -0.15) is 11.8 Å². The highest BCUT2D eigenvalue weighted by Gasteiger charge is 2.37. The zero-order chi connectivity index (χ0) is 70.0. The van der Waals surface area contributed by atoms with Crippen LogP contribution in [-0.4, -0.2) is 186 Å². The van der Waals surface area contributed by atoms with Gasteiger partial charge in [0, 0.05) is 31.4 Å². The van der Waals surface area contributed by atoms with Crippen LogP contribution in [0.3, 0.4) is 0 Å². The molecule has 1 fully saturated rings. The Bertz CT molecular complexity index is 3230. The Hall–Kier alpha value is -8.98. The molecule has 3 aromatic rings. The molecule has 19 N–H and O–H groups in total. The Morgan fingerprint density at radius 3 is 1.47 bits per heavy atom. The van der Waals surface area contributed by atoms with Crippen LogP contribution in [-0.2, 0) is 86.2 Å². The van der Waals surface area contributed by atoms with Crippen molar-refractivity contribution in [2.24, 2.45) is 23.3 Å². The van der Waals surface area contributed by atoms with E-state index < -0.39 is 177 Å². The minimum atomic E-state index is -5.01. The number of benzene rings is 3. The highest BCUT2D eigenvalue weighted by atomic mass is 32.2. The van der Waals surface area contributed by atoms with Gasteiger partial charge in [0.05, 0.1) is 18.7 Å². The summed E-state index contributed by atoms with van der Waals surface area (Å²) in [4.78, 5) is 198. The number of amides is 12. The maximum atomic E-state index is 14.6. The predicted molar refractivity (Wildman–Crippen MR) is 341 cm³/mol. The van der Waals surface area contributed by atoms with E-state index in [1.807, 2.05) is 0 Å². The largest absolute Gasteiger partial charge is 0.524 e. The van der Waals surface area contributed by atoms with Crippen LogP contribution in [0, 0.1) is 11.8 Å². The number of primary amides is 2. The van der Waals surface area contributed by atoms with E-state index in [9.17, 15) is 92.0 Å². The lowest BCUT2D eigenvalue weighted by molar-refractivity contribution is -0.139. The van der Waals surface area contributed by atoms with Crippen molar-refractivity contribution in [2.75, 3.05) is 30.1 Å². The number of carboxylic acid groups (broad SMARTS) is 1. The van der Waals surface area contributed by atoms with E-state index in [0.29, 0.717) is 11.1 Å². The van der Waals surface area contributed by atoms with E-state index in [-0.39, 0.29) is 72.3 Å². The molecule has 1 aliphatic heterocycles. The highest BCUT2D eigenvalue weighted by Crippen LogP contribution is 2.37. The predicted octanol–water partition coefficient (Wildman–Crippen LogP) is -2.50. The molecule has 35 heteroatoms. The highest BCUT2D eigenvalue weighted by molar-refractivity contribution is 8.00. The quantitative estimate of drug-likeness (QED) is 0.0520. The van der Waals surface area contributed by atoms with Crippen LogP contribution in [0.4, 0.5) is 0 Å². The molecule has 94 heavy (non-hydrogen) atoms. The number of rotatable bonds is 20. The zero-order valence-electron chi connectivity index (χ0n) is 52.0. The van der Waals surface area contributed by atoms with Crippen LogP contribution in [0.25, 0.3) is 0 Å². The number of nitrogens with one attached hydrogen (secondary N) is 10. The van der Waals surface area contributed by atoms with E-state index in [0.717, 1.165) is 11.8 Å². The van der Waals surface area contributed by atoms with Crippen molar-refractivity contribution in [2.45, 2.75) is 133 Å². The maximum Gasteiger partial charge on any atom is 0.524 e. The normalized spacial score (nSPS) is 22.7. The third-order valence-electron chi connectivity index (χ3n) is 14.0. The summed E-state index contributed by atoms with van der Waals surface area (Å²) < 4.78 is 16.2. The summed E-state index contributed by atoms with van der Waals surface area (Å²) in [5.74, 6) is -16.2. The van der Waals surface area contributed by atoms with E-state index in [1.54, 1.807) is 20.1 Å². The van der Waals surface area contributed by atoms with E-state index in [2.05, 4.69) is 57.7 Å². The molecular formula is C59H81N12O20PS2. The molecule has 514 valence electrons. The monoisotopic (exact) mass is 1370 g/mol. The molecule has 4 rings (SSSR count). The first kappa shape index (κ1) is 77.5. The fraction of sp³-hybridized carbons (Fsp3) is 0.475. The lowest BCUT2D eigenvalue weighted by Crippen LogP contribution is -2.61. The molecular weight excluding hydrogens is 1290 g/mol. The summed E-state index contributed by atoms with van der Waals surface area (Å²) in [6.45, 7) is 5.58. The van der Waals surface area contributed by atoms with Crippen LogP contribution in [0.2, 0.25) is 0 Å². The van der Waals surface area contributed by atoms with Crippen LogP contribution in [0.15, 0.2) is 72.8 Å². The van der Waals surface area contributed by atoms with Gasteiger partial charge >= 0.3 is 13.8 Å². The van der Waals surface area contributed by atoms with E-state index >= 15 is 0 Å². The fourth-order valence-corrected chi connectivity index (χ4v) is 11.0. The Morgan fingerprint density at radius 2 is 1.00 bits per heavy atom. The van der Waals surface area contributed by atoms with Crippen LogP contribution >= 0.6 is 31.3 Å². The first-order chi connectivity index (χ1) is 44.2. The number of phosphoric acid groups is 1. The maximum absolute atomic E-state index is 14.6. The van der Waals surface area contributed by atoms with Crippen LogP contribution in [0.5, 0.6) is 17.2 Å². The third kappa shape index (κ3) is 27.7. The Morgan fingerprint density at radius 1 is 0.574 bits per heavy atom. The van der Waals surface area contributed by atoms with Crippen molar-refractivity contribution in [3.8, 4) is 17.2 Å². The molecule has 0 bridgehead atoms. The summed E-state index contributed by atoms with van der Waals surface area (Å²) in [6, 6.07) is 1.46. The molecule has 32 nitrogen and oxygen atoms in total. The van der Waals surface area contributed by atoms with Gasteiger partial charge in [-0.25, -0.2) is 4.57 Å². The number of phenolic OH excluding ortho intramolecular Hbond substituents is 2. The van der Waals surface area contributed by atoms with Crippen LogP contribution in [0.1, 0.15) is 76.5 Å². The molecule has 0 saturated carbocycles. The van der Waals surface area contributed by atoms with Crippen LogP contribution < -0.4 is 69.2 Å². The molecule has 0 aromatic heterocycles. The number of aliphatic carboxylic acids is 1. The molecule has 0 spiro atoms. The molecule has 0 radical (unpaired) electrons. The number of carboxylic acids is 1. The van der Waals surface area contributed by atoms with Crippen molar-refractivity contribution >= 4 is 108 Å². The molecule has 0 unspecified atom stereocenters. The topological polar surface area (TPSA) is 522 Å². The van der Waals surface area contributed by atoms with Gasteiger partial charge in [-0.15, -0.1) is 11.8 Å². The lowest BCUT2D eigenvalue weighted by Gasteiger charge is -2.28. The summed E-state index contributed by atoms with van der Waals surface area (Å²) >= 11 is 2.07. The molecule has 3 aromatic carbocycles. The smallest absolute Gasteiger partial charge is 0.508 e. The first-order valence-corrected chi connectivity index (χ1v) is 33.5. The number of phosphoric ester groups is 1. The number of carbonyl (C=O) groups is 13. The molecule has 9 atom stereocenters. The summed E-state index contributed by atoms with van der Waals surface area (Å²) in [5, 5.41) is 54.7. The van der Waals surface area contributed by atoms with Gasteiger partial charge in [0.2, 0.25) is 70.9 Å². The van der Waals surface area contributed by atoms with Gasteiger partial charge < -0.3 is 84.5 Å². The second-order valence-corrected chi connectivity index (χ2v) is 25.8. The fourth-order valence-electron chi connectivity index (χ4n) is 9.22. The van der Waals surface area contributed by atoms with Crippen molar-refractivity contribution in [3.63, 3.8) is 0 Å². The number of aromatic hydroxyl groups is 2. The van der Waals surface area contributed by atoms with Crippen molar-refractivity contribution in [3.05, 3.63) is 89.5 Å². The SMILES string of the molecule is CSCC[C@H]1NC(=O)CNC(=O)[C@@H](C(C)C)NC(=O)[C@@H](CC(N)=O)NC(=O)[C@@H](CCC(=O)O)NC(=O)[C@@H](Cc2ccc(O)cc2)NC(=O)[C@@H](CC(C)C)NC(=O)[C@@H](Cc2ccc(OP(=O)(O)O)cc2)NC(=O)CSC[C@H](C(N)=O)NC(=O)[C@@H](Cc2ccc(O)cc2)NC1=O. The average Bonchev–Trinajstić information content (AvgIpc) is 0.892. The number of phenols is 2. The number of hydrogen-bond donors (Lipinski definition) is 17. The van der Waals surface area contributed by atoms with Gasteiger partial charge in [0.25, 0.3) is 0 Å². The lowest BCUT2D eigenvalue weighted by atomic mass is 9.99. The molecule has 1 saturated heterocycles. The minimum Gasteiger partial charge on any atom is -0.508 e. The summed E-state index contributed by atoms with van der Waals surface area (Å²) in [6.07, 6.45) is -1.79. The first-order valence-electron chi connectivity index (χ1n) is 29.5. The summed E-state index contributed by atoms with van der Waals surface area (Å²) in [7, 11) is -5.01. The third-order valence-corrected chi connectivity index (χ3v) is 16.2. The van der Waals surface area contributed by atoms with Crippen molar-refractivity contribution in [1.29, 1.82) is 0 Å². The van der Waals surface area contributed by atoms with Gasteiger partial charge in [-0.3, -0.25) is 72.1 Å². The number of thioether (sulfide) groups is 2.